The number of carbonyl (C=O) groups is 2. The first-order chi connectivity index (χ1) is 10.2. The number of likely N-dealkylation sites (N-methyl/N-ethyl adjacent to an activating group) is 1. The van der Waals surface area contributed by atoms with Crippen LogP contribution in [0.4, 0.5) is 10.5 Å². The minimum absolute atomic E-state index is 0.287. The van der Waals surface area contributed by atoms with E-state index in [1.165, 1.54) is 11.9 Å². The van der Waals surface area contributed by atoms with Crippen LogP contribution in [0.2, 0.25) is 0 Å². The smallest absolute Gasteiger partial charge is 0.319 e. The Morgan fingerprint density at radius 3 is 2.10 bits per heavy atom. The van der Waals surface area contributed by atoms with E-state index in [2.05, 4.69) is 0 Å². The molecule has 5 heteroatoms. The van der Waals surface area contributed by atoms with Crippen LogP contribution in [-0.2, 0) is 9.63 Å². The Morgan fingerprint density at radius 2 is 1.48 bits per heavy atom. The van der Waals surface area contributed by atoms with Crippen molar-refractivity contribution < 1.29 is 14.4 Å². The quantitative estimate of drug-likeness (QED) is 0.851. The largest absolute Gasteiger partial charge is 0.439 e. The number of hydrogen-bond donors (Lipinski definition) is 0. The molecule has 0 spiro atoms. The molecule has 0 aliphatic carbocycles. The third-order valence-corrected chi connectivity index (χ3v) is 3.36. The van der Waals surface area contributed by atoms with Crippen LogP contribution >= 0.6 is 0 Å². The first-order valence-electron chi connectivity index (χ1n) is 6.57. The Labute approximate surface area is 122 Å². The minimum atomic E-state index is -0.722. The molecule has 1 saturated heterocycles. The highest BCUT2D eigenvalue weighted by atomic mass is 16.7. The molecule has 0 saturated carbocycles. The zero-order chi connectivity index (χ0) is 14.8. The summed E-state index contributed by atoms with van der Waals surface area (Å²) >= 11 is 0. The lowest BCUT2D eigenvalue weighted by atomic mass is 10.0. The topological polar surface area (TPSA) is 49.9 Å². The third-order valence-electron chi connectivity index (χ3n) is 3.36. The average Bonchev–Trinajstić information content (AvgIpc) is 2.52. The van der Waals surface area contributed by atoms with E-state index in [0.29, 0.717) is 5.69 Å². The van der Waals surface area contributed by atoms with E-state index in [-0.39, 0.29) is 5.91 Å². The first kappa shape index (κ1) is 13.2. The van der Waals surface area contributed by atoms with E-state index in [0.717, 1.165) is 10.6 Å². The van der Waals surface area contributed by atoms with E-state index >= 15 is 0 Å². The van der Waals surface area contributed by atoms with Crippen LogP contribution in [-0.4, -0.2) is 24.1 Å². The zero-order valence-corrected chi connectivity index (χ0v) is 11.5. The normalized spacial score (nSPS) is 18.6. The number of amides is 2. The minimum Gasteiger partial charge on any atom is -0.319 e. The molecule has 5 nitrogen and oxygen atoms in total. The number of anilines is 1. The maximum Gasteiger partial charge on any atom is 0.439 e. The second-order valence-electron chi connectivity index (χ2n) is 4.71. The van der Waals surface area contributed by atoms with E-state index in [1.807, 2.05) is 48.5 Å². The molecule has 2 aromatic rings. The predicted molar refractivity (Wildman–Crippen MR) is 77.4 cm³/mol. The Morgan fingerprint density at radius 1 is 0.905 bits per heavy atom. The molecule has 1 unspecified atom stereocenters. The highest BCUT2D eigenvalue weighted by Crippen LogP contribution is 2.32. The molecule has 0 radical (unpaired) electrons. The zero-order valence-electron chi connectivity index (χ0n) is 11.5. The summed E-state index contributed by atoms with van der Waals surface area (Å²) in [6.45, 7) is 0. The Balaban J connectivity index is 2.09. The van der Waals surface area contributed by atoms with Crippen molar-refractivity contribution in [3.05, 3.63) is 66.2 Å². The number of benzene rings is 2. The van der Waals surface area contributed by atoms with Crippen LogP contribution in [0.3, 0.4) is 0 Å². The predicted octanol–water partition coefficient (Wildman–Crippen LogP) is 2.76. The van der Waals surface area contributed by atoms with Crippen LogP contribution in [0.15, 0.2) is 60.7 Å². The summed E-state index contributed by atoms with van der Waals surface area (Å²) in [6, 6.07) is 17.5. The van der Waals surface area contributed by atoms with Crippen molar-refractivity contribution >= 4 is 17.7 Å². The fourth-order valence-corrected chi connectivity index (χ4v) is 2.36. The summed E-state index contributed by atoms with van der Waals surface area (Å²) in [6.07, 6.45) is -0.572. The van der Waals surface area contributed by atoms with Gasteiger partial charge in [0.05, 0.1) is 0 Å². The van der Waals surface area contributed by atoms with Crippen molar-refractivity contribution in [2.24, 2.45) is 0 Å². The number of para-hydroxylation sites is 1. The molecule has 0 N–H and O–H groups in total. The second kappa shape index (κ2) is 5.28. The van der Waals surface area contributed by atoms with Gasteiger partial charge >= 0.3 is 6.09 Å². The monoisotopic (exact) mass is 282 g/mol. The van der Waals surface area contributed by atoms with Gasteiger partial charge in [-0.3, -0.25) is 9.69 Å². The Kier molecular flexibility index (Phi) is 3.31. The number of hydroxylamine groups is 2. The highest BCUT2D eigenvalue weighted by Gasteiger charge is 2.41. The van der Waals surface area contributed by atoms with Crippen LogP contribution in [0.25, 0.3) is 0 Å². The molecule has 1 aliphatic heterocycles. The average molecular weight is 282 g/mol. The van der Waals surface area contributed by atoms with Gasteiger partial charge in [-0.05, 0) is 17.7 Å². The van der Waals surface area contributed by atoms with Gasteiger partial charge in [-0.25, -0.2) is 4.79 Å². The molecule has 0 aromatic heterocycles. The summed E-state index contributed by atoms with van der Waals surface area (Å²) in [5, 5.41) is 0.986. The van der Waals surface area contributed by atoms with Gasteiger partial charge in [0.1, 0.15) is 6.04 Å². The summed E-state index contributed by atoms with van der Waals surface area (Å²) in [7, 11) is 1.44. The Bertz CT molecular complexity index is 658. The van der Waals surface area contributed by atoms with Crippen molar-refractivity contribution in [2.45, 2.75) is 6.04 Å². The fourth-order valence-electron chi connectivity index (χ4n) is 2.36. The number of rotatable bonds is 2. The van der Waals surface area contributed by atoms with Crippen LogP contribution in [0, 0.1) is 0 Å². The van der Waals surface area contributed by atoms with Gasteiger partial charge in [0.25, 0.3) is 5.91 Å². The fraction of sp³-hybridized carbons (Fsp3) is 0.125. The van der Waals surface area contributed by atoms with Gasteiger partial charge in [-0.15, -0.1) is 0 Å². The lowest BCUT2D eigenvalue weighted by Crippen LogP contribution is -2.52. The molecule has 21 heavy (non-hydrogen) atoms. The second-order valence-corrected chi connectivity index (χ2v) is 4.71. The maximum atomic E-state index is 12.5. The van der Waals surface area contributed by atoms with Crippen molar-refractivity contribution in [3.63, 3.8) is 0 Å². The SMILES string of the molecule is CN1OC(=O)N(c2ccccc2)C(c2ccccc2)C1=O. The van der Waals surface area contributed by atoms with E-state index in [9.17, 15) is 9.59 Å². The highest BCUT2D eigenvalue weighted by molar-refractivity contribution is 6.00. The van der Waals surface area contributed by atoms with Crippen molar-refractivity contribution in [1.29, 1.82) is 0 Å². The molecule has 1 heterocycles. The molecular formula is C16H14N2O3. The Hall–Kier alpha value is -2.82. The molecule has 0 bridgehead atoms. The maximum absolute atomic E-state index is 12.5. The van der Waals surface area contributed by atoms with Gasteiger partial charge in [0.15, 0.2) is 0 Å². The van der Waals surface area contributed by atoms with E-state index in [1.54, 1.807) is 12.1 Å². The number of hydrogen-bond acceptors (Lipinski definition) is 3. The van der Waals surface area contributed by atoms with Gasteiger partial charge in [-0.2, -0.15) is 5.06 Å². The van der Waals surface area contributed by atoms with Crippen molar-refractivity contribution in [1.82, 2.24) is 5.06 Å². The molecule has 2 amide bonds. The van der Waals surface area contributed by atoms with Gasteiger partial charge < -0.3 is 4.84 Å². The first-order valence-corrected chi connectivity index (χ1v) is 6.57. The molecule has 3 rings (SSSR count). The van der Waals surface area contributed by atoms with Crippen LogP contribution in [0.1, 0.15) is 11.6 Å². The van der Waals surface area contributed by atoms with Gasteiger partial charge in [-0.1, -0.05) is 48.5 Å². The van der Waals surface area contributed by atoms with E-state index < -0.39 is 12.1 Å². The molecule has 106 valence electrons. The summed E-state index contributed by atoms with van der Waals surface area (Å²) in [5.41, 5.74) is 1.37. The number of carbonyl (C=O) groups excluding carboxylic acids is 2. The standard InChI is InChI=1S/C16H14N2O3/c1-17-15(19)14(12-8-4-2-5-9-12)18(16(20)21-17)13-10-6-3-7-11-13/h2-11,14H,1H3. The molecule has 1 aliphatic rings. The van der Waals surface area contributed by atoms with Crippen molar-refractivity contribution in [3.8, 4) is 0 Å². The summed E-state index contributed by atoms with van der Waals surface area (Å²) in [5.74, 6) is -0.287. The molecule has 1 atom stereocenters. The van der Waals surface area contributed by atoms with Crippen LogP contribution < -0.4 is 4.90 Å². The lowest BCUT2D eigenvalue weighted by molar-refractivity contribution is -0.166. The van der Waals surface area contributed by atoms with Gasteiger partial charge in [0, 0.05) is 12.7 Å². The van der Waals surface area contributed by atoms with Crippen molar-refractivity contribution in [2.75, 3.05) is 11.9 Å². The van der Waals surface area contributed by atoms with Crippen LogP contribution in [0.5, 0.6) is 0 Å². The van der Waals surface area contributed by atoms with Gasteiger partial charge in [0.2, 0.25) is 0 Å². The number of nitrogens with zero attached hydrogens (tertiary/aromatic N) is 2. The molecule has 2 aromatic carbocycles. The third kappa shape index (κ3) is 2.33. The molecular weight excluding hydrogens is 268 g/mol. The molecule has 1 fully saturated rings. The van der Waals surface area contributed by atoms with E-state index in [4.69, 9.17) is 4.84 Å². The summed E-state index contributed by atoms with van der Waals surface area (Å²) in [4.78, 5) is 31.1. The lowest BCUT2D eigenvalue weighted by Gasteiger charge is -2.37. The summed E-state index contributed by atoms with van der Waals surface area (Å²) < 4.78 is 0.